The molecular weight excluding hydrogens is 372 g/mol. The lowest BCUT2D eigenvalue weighted by Gasteiger charge is -2.05. The number of thiazole rings is 1. The SMILES string of the molecule is CSCCn1c(=NC(=O)c2ccc(C)cc2C)sc2cc(Cl)ccc21. The highest BCUT2D eigenvalue weighted by atomic mass is 35.5. The van der Waals surface area contributed by atoms with Crippen LogP contribution in [0.2, 0.25) is 5.02 Å². The molecule has 3 rings (SSSR count). The van der Waals surface area contributed by atoms with E-state index in [2.05, 4.69) is 15.8 Å². The summed E-state index contributed by atoms with van der Waals surface area (Å²) in [6.07, 6.45) is 2.07. The first kappa shape index (κ1) is 18.2. The van der Waals surface area contributed by atoms with Crippen LogP contribution < -0.4 is 4.80 Å². The topological polar surface area (TPSA) is 34.4 Å². The third-order valence-corrected chi connectivity index (χ3v) is 5.84. The van der Waals surface area contributed by atoms with Crippen LogP contribution in [-0.4, -0.2) is 22.5 Å². The predicted octanol–water partition coefficient (Wildman–Crippen LogP) is 5.08. The van der Waals surface area contributed by atoms with Gasteiger partial charge in [0.05, 0.1) is 10.2 Å². The Morgan fingerprint density at radius 3 is 2.76 bits per heavy atom. The molecule has 0 aliphatic carbocycles. The summed E-state index contributed by atoms with van der Waals surface area (Å²) in [6.45, 7) is 4.77. The van der Waals surface area contributed by atoms with Crippen molar-refractivity contribution < 1.29 is 4.79 Å². The lowest BCUT2D eigenvalue weighted by atomic mass is 10.1. The summed E-state index contributed by atoms with van der Waals surface area (Å²) in [5, 5.41) is 0.693. The van der Waals surface area contributed by atoms with Gasteiger partial charge in [0.15, 0.2) is 4.80 Å². The zero-order valence-corrected chi connectivity index (χ0v) is 16.8. The number of rotatable bonds is 4. The summed E-state index contributed by atoms with van der Waals surface area (Å²) in [5.41, 5.74) is 3.81. The summed E-state index contributed by atoms with van der Waals surface area (Å²) >= 11 is 9.39. The molecule has 6 heteroatoms. The number of thioether (sulfide) groups is 1. The van der Waals surface area contributed by atoms with Crippen molar-refractivity contribution in [2.45, 2.75) is 20.4 Å². The number of aryl methyl sites for hydroxylation is 3. The molecule has 0 saturated heterocycles. The monoisotopic (exact) mass is 390 g/mol. The van der Waals surface area contributed by atoms with Gasteiger partial charge in [0, 0.05) is 22.9 Å². The molecule has 0 fully saturated rings. The minimum atomic E-state index is -0.201. The normalized spacial score (nSPS) is 12.1. The van der Waals surface area contributed by atoms with Crippen LogP contribution >= 0.6 is 34.7 Å². The smallest absolute Gasteiger partial charge is 0.279 e. The third-order valence-electron chi connectivity index (χ3n) is 3.97. The molecule has 25 heavy (non-hydrogen) atoms. The Morgan fingerprint density at radius 1 is 1.24 bits per heavy atom. The maximum absolute atomic E-state index is 12.7. The van der Waals surface area contributed by atoms with E-state index < -0.39 is 0 Å². The lowest BCUT2D eigenvalue weighted by Crippen LogP contribution is -2.18. The Kier molecular flexibility index (Phi) is 5.67. The molecule has 2 aromatic carbocycles. The number of carbonyl (C=O) groups excluding carboxylic acids is 1. The van der Waals surface area contributed by atoms with Gasteiger partial charge in [-0.05, 0) is 49.9 Å². The van der Waals surface area contributed by atoms with Crippen molar-refractivity contribution in [3.8, 4) is 0 Å². The van der Waals surface area contributed by atoms with Crippen molar-refractivity contribution in [2.75, 3.05) is 12.0 Å². The fourth-order valence-electron chi connectivity index (χ4n) is 2.73. The number of halogens is 1. The Bertz CT molecular complexity index is 1000. The molecule has 0 bridgehead atoms. The Balaban J connectivity index is 2.12. The average molecular weight is 391 g/mol. The van der Waals surface area contributed by atoms with E-state index in [1.54, 1.807) is 11.8 Å². The van der Waals surface area contributed by atoms with Crippen molar-refractivity contribution in [3.05, 3.63) is 62.9 Å². The average Bonchev–Trinajstić information content (AvgIpc) is 2.88. The van der Waals surface area contributed by atoms with E-state index in [4.69, 9.17) is 11.6 Å². The largest absolute Gasteiger partial charge is 0.316 e. The molecule has 3 nitrogen and oxygen atoms in total. The number of carbonyl (C=O) groups is 1. The van der Waals surface area contributed by atoms with Gasteiger partial charge in [0.2, 0.25) is 0 Å². The molecule has 0 N–H and O–H groups in total. The van der Waals surface area contributed by atoms with Gasteiger partial charge in [-0.15, -0.1) is 0 Å². The summed E-state index contributed by atoms with van der Waals surface area (Å²) in [5.74, 6) is 0.757. The Hall–Kier alpha value is -1.56. The van der Waals surface area contributed by atoms with Crippen molar-refractivity contribution in [2.24, 2.45) is 4.99 Å². The van der Waals surface area contributed by atoms with Crippen LogP contribution in [0.3, 0.4) is 0 Å². The summed E-state index contributed by atoms with van der Waals surface area (Å²) in [7, 11) is 0. The Morgan fingerprint density at radius 2 is 2.04 bits per heavy atom. The van der Waals surface area contributed by atoms with Gasteiger partial charge in [-0.3, -0.25) is 4.79 Å². The van der Waals surface area contributed by atoms with Crippen molar-refractivity contribution in [1.82, 2.24) is 4.57 Å². The second-order valence-corrected chi connectivity index (χ2v) is 8.31. The van der Waals surface area contributed by atoms with Gasteiger partial charge in [-0.1, -0.05) is 40.6 Å². The second-order valence-electron chi connectivity index (χ2n) is 5.88. The van der Waals surface area contributed by atoms with Crippen LogP contribution in [-0.2, 0) is 6.54 Å². The molecule has 0 unspecified atom stereocenters. The molecule has 0 spiro atoms. The van der Waals surface area contributed by atoms with Crippen LogP contribution in [0, 0.1) is 13.8 Å². The highest BCUT2D eigenvalue weighted by Crippen LogP contribution is 2.22. The molecule has 0 aliphatic rings. The van der Waals surface area contributed by atoms with E-state index >= 15 is 0 Å². The first-order valence-corrected chi connectivity index (χ1v) is 10.5. The third kappa shape index (κ3) is 4.00. The number of benzene rings is 2. The predicted molar refractivity (Wildman–Crippen MR) is 109 cm³/mol. The van der Waals surface area contributed by atoms with E-state index in [-0.39, 0.29) is 5.91 Å². The molecule has 130 valence electrons. The van der Waals surface area contributed by atoms with Crippen molar-refractivity contribution in [1.29, 1.82) is 0 Å². The number of fused-ring (bicyclic) bond motifs is 1. The van der Waals surface area contributed by atoms with Crippen LogP contribution in [0.1, 0.15) is 21.5 Å². The van der Waals surface area contributed by atoms with Gasteiger partial charge >= 0.3 is 0 Å². The zero-order chi connectivity index (χ0) is 18.0. The molecule has 0 aliphatic heterocycles. The summed E-state index contributed by atoms with van der Waals surface area (Å²) < 4.78 is 3.15. The van der Waals surface area contributed by atoms with E-state index in [1.165, 1.54) is 11.3 Å². The molecule has 1 aromatic heterocycles. The summed E-state index contributed by atoms with van der Waals surface area (Å²) in [6, 6.07) is 11.6. The van der Waals surface area contributed by atoms with Gasteiger partial charge in [0.1, 0.15) is 0 Å². The quantitative estimate of drug-likeness (QED) is 0.622. The number of aromatic nitrogens is 1. The van der Waals surface area contributed by atoms with Gasteiger partial charge in [-0.2, -0.15) is 16.8 Å². The van der Waals surface area contributed by atoms with Gasteiger partial charge < -0.3 is 4.57 Å². The second kappa shape index (κ2) is 7.77. The van der Waals surface area contributed by atoms with E-state index in [1.807, 2.05) is 50.2 Å². The minimum Gasteiger partial charge on any atom is -0.316 e. The van der Waals surface area contributed by atoms with E-state index in [9.17, 15) is 4.79 Å². The maximum Gasteiger partial charge on any atom is 0.279 e. The van der Waals surface area contributed by atoms with Crippen LogP contribution in [0.15, 0.2) is 41.4 Å². The molecule has 1 heterocycles. The number of hydrogen-bond acceptors (Lipinski definition) is 3. The zero-order valence-electron chi connectivity index (χ0n) is 14.4. The fourth-order valence-corrected chi connectivity index (χ4v) is 4.43. The molecule has 0 saturated carbocycles. The lowest BCUT2D eigenvalue weighted by molar-refractivity contribution is 0.0997. The Labute approximate surface area is 160 Å². The number of amides is 1. The molecular formula is C19H19ClN2OS2. The highest BCUT2D eigenvalue weighted by molar-refractivity contribution is 7.98. The molecule has 0 atom stereocenters. The number of hydrogen-bond donors (Lipinski definition) is 0. The molecule has 0 radical (unpaired) electrons. The first-order valence-electron chi connectivity index (χ1n) is 7.94. The van der Waals surface area contributed by atoms with E-state index in [0.717, 1.165) is 38.4 Å². The van der Waals surface area contributed by atoms with E-state index in [0.29, 0.717) is 10.6 Å². The standard InChI is InChI=1S/C19H19ClN2OS2/c1-12-4-6-15(13(2)10-12)18(23)21-19-22(8-9-24-3)16-7-5-14(20)11-17(16)25-19/h4-7,10-11H,8-9H2,1-3H3. The molecule has 1 amide bonds. The van der Waals surface area contributed by atoms with Gasteiger partial charge in [-0.25, -0.2) is 0 Å². The fraction of sp³-hybridized carbons (Fsp3) is 0.263. The minimum absolute atomic E-state index is 0.201. The first-order chi connectivity index (χ1) is 12.0. The van der Waals surface area contributed by atoms with Crippen LogP contribution in [0.4, 0.5) is 0 Å². The van der Waals surface area contributed by atoms with Crippen molar-refractivity contribution >= 4 is 50.8 Å². The molecule has 3 aromatic rings. The van der Waals surface area contributed by atoms with Gasteiger partial charge in [0.25, 0.3) is 5.91 Å². The maximum atomic E-state index is 12.7. The van der Waals surface area contributed by atoms with Crippen molar-refractivity contribution in [3.63, 3.8) is 0 Å². The number of nitrogens with zero attached hydrogens (tertiary/aromatic N) is 2. The summed E-state index contributed by atoms with van der Waals surface area (Å²) in [4.78, 5) is 17.9. The van der Waals surface area contributed by atoms with Crippen LogP contribution in [0.25, 0.3) is 10.2 Å². The van der Waals surface area contributed by atoms with Crippen LogP contribution in [0.5, 0.6) is 0 Å². The highest BCUT2D eigenvalue weighted by Gasteiger charge is 2.11.